The standard InChI is InChI=1S/C30H20N4O2/c1-2-17-7-9-18(10-8-17)23-13-19-14-24-25(36-16-35-24)15-22(19)30-33-28-20-5-3-11-31-26(20)27-21(6-4-12-32-27)29(28)34(23)30/h3-15H,2,16H2,1H3. The van der Waals surface area contributed by atoms with Gasteiger partial charge in [0.2, 0.25) is 6.79 Å². The van der Waals surface area contributed by atoms with E-state index in [1.54, 1.807) is 0 Å². The lowest BCUT2D eigenvalue weighted by Gasteiger charge is -2.12. The third kappa shape index (κ3) is 2.58. The van der Waals surface area contributed by atoms with Crippen molar-refractivity contribution in [1.29, 1.82) is 0 Å². The minimum Gasteiger partial charge on any atom is -0.454 e. The molecule has 0 unspecified atom stereocenters. The van der Waals surface area contributed by atoms with Crippen LogP contribution >= 0.6 is 0 Å². The number of nitrogens with zero attached hydrogens (tertiary/aromatic N) is 4. The monoisotopic (exact) mass is 468 g/mol. The van der Waals surface area contributed by atoms with E-state index in [2.05, 4.69) is 59.9 Å². The summed E-state index contributed by atoms with van der Waals surface area (Å²) in [5.41, 5.74) is 8.05. The van der Waals surface area contributed by atoms with E-state index in [1.165, 1.54) is 5.56 Å². The van der Waals surface area contributed by atoms with Crippen LogP contribution in [0, 0.1) is 0 Å². The van der Waals surface area contributed by atoms with Gasteiger partial charge < -0.3 is 9.47 Å². The molecule has 7 aromatic rings. The highest BCUT2D eigenvalue weighted by molar-refractivity contribution is 6.22. The molecule has 0 spiro atoms. The second-order valence-corrected chi connectivity index (χ2v) is 9.14. The van der Waals surface area contributed by atoms with E-state index in [0.29, 0.717) is 0 Å². The second-order valence-electron chi connectivity index (χ2n) is 9.14. The van der Waals surface area contributed by atoms with Gasteiger partial charge in [0.05, 0.1) is 27.8 Å². The highest BCUT2D eigenvalue weighted by atomic mass is 16.7. The van der Waals surface area contributed by atoms with Gasteiger partial charge in [-0.25, -0.2) is 4.98 Å². The summed E-state index contributed by atoms with van der Waals surface area (Å²) in [5.74, 6) is 1.51. The molecule has 3 aromatic carbocycles. The second kappa shape index (κ2) is 7.15. The maximum atomic E-state index is 5.73. The zero-order valence-electron chi connectivity index (χ0n) is 19.5. The van der Waals surface area contributed by atoms with E-state index in [4.69, 9.17) is 24.4 Å². The quantitative estimate of drug-likeness (QED) is 0.264. The van der Waals surface area contributed by atoms with Crippen molar-refractivity contribution in [2.45, 2.75) is 13.3 Å². The molecule has 0 aliphatic carbocycles. The SMILES string of the molecule is CCc1ccc(-c2cc3cc4c(cc3c3nc5c6cccnc6c6ncccc6c5n23)OCO4)cc1. The van der Waals surface area contributed by atoms with Crippen LogP contribution in [0.1, 0.15) is 12.5 Å². The van der Waals surface area contributed by atoms with Crippen molar-refractivity contribution in [2.75, 3.05) is 6.79 Å². The van der Waals surface area contributed by atoms with Crippen LogP contribution < -0.4 is 9.47 Å². The Morgan fingerprint density at radius 2 is 1.50 bits per heavy atom. The van der Waals surface area contributed by atoms with E-state index in [0.717, 1.165) is 78.4 Å². The van der Waals surface area contributed by atoms with Gasteiger partial charge in [0.15, 0.2) is 11.5 Å². The topological polar surface area (TPSA) is 61.5 Å². The number of rotatable bonds is 2. The number of hydrogen-bond acceptors (Lipinski definition) is 5. The third-order valence-corrected chi connectivity index (χ3v) is 7.20. The van der Waals surface area contributed by atoms with Crippen LogP contribution in [0.3, 0.4) is 0 Å². The predicted molar refractivity (Wildman–Crippen MR) is 142 cm³/mol. The van der Waals surface area contributed by atoms with E-state index < -0.39 is 0 Å². The molecule has 172 valence electrons. The van der Waals surface area contributed by atoms with Gasteiger partial charge in [0, 0.05) is 28.6 Å². The highest BCUT2D eigenvalue weighted by Crippen LogP contribution is 2.42. The van der Waals surface area contributed by atoms with Crippen LogP contribution in [0.2, 0.25) is 0 Å². The number of aryl methyl sites for hydroxylation is 1. The summed E-state index contributed by atoms with van der Waals surface area (Å²) in [5, 5.41) is 4.08. The number of aromatic nitrogens is 4. The molecule has 0 atom stereocenters. The van der Waals surface area contributed by atoms with Crippen molar-refractivity contribution < 1.29 is 9.47 Å². The lowest BCUT2D eigenvalue weighted by molar-refractivity contribution is 0.174. The van der Waals surface area contributed by atoms with Crippen LogP contribution in [0.15, 0.2) is 79.1 Å². The average Bonchev–Trinajstić information content (AvgIpc) is 3.57. The van der Waals surface area contributed by atoms with Crippen LogP contribution in [0.5, 0.6) is 11.5 Å². The molecule has 5 heterocycles. The Bertz CT molecular complexity index is 2010. The first-order valence-corrected chi connectivity index (χ1v) is 12.1. The molecule has 0 amide bonds. The van der Waals surface area contributed by atoms with Crippen LogP contribution in [-0.4, -0.2) is 26.1 Å². The van der Waals surface area contributed by atoms with Gasteiger partial charge >= 0.3 is 0 Å². The Morgan fingerprint density at radius 1 is 0.778 bits per heavy atom. The molecule has 6 heteroatoms. The predicted octanol–water partition coefficient (Wildman–Crippen LogP) is 6.70. The fraction of sp³-hybridized carbons (Fsp3) is 0.100. The van der Waals surface area contributed by atoms with Crippen molar-refractivity contribution in [3.8, 4) is 22.8 Å². The number of fused-ring (bicyclic) bond motifs is 11. The molecule has 0 saturated heterocycles. The number of ether oxygens (including phenoxy) is 2. The first kappa shape index (κ1) is 19.6. The van der Waals surface area contributed by atoms with Gasteiger partial charge in [-0.05, 0) is 65.4 Å². The largest absolute Gasteiger partial charge is 0.454 e. The normalized spacial score (nSPS) is 13.0. The molecular weight excluding hydrogens is 448 g/mol. The summed E-state index contributed by atoms with van der Waals surface area (Å²) in [6.07, 6.45) is 4.64. The van der Waals surface area contributed by atoms with Crippen molar-refractivity contribution in [3.63, 3.8) is 0 Å². The summed E-state index contributed by atoms with van der Waals surface area (Å²) >= 11 is 0. The van der Waals surface area contributed by atoms with Gasteiger partial charge in [-0.3, -0.25) is 14.4 Å². The van der Waals surface area contributed by atoms with E-state index in [1.807, 2.05) is 30.6 Å². The van der Waals surface area contributed by atoms with Crippen LogP contribution in [0.4, 0.5) is 0 Å². The summed E-state index contributed by atoms with van der Waals surface area (Å²) in [6.45, 7) is 2.41. The Labute approximate surface area is 205 Å². The Kier molecular flexibility index (Phi) is 3.89. The van der Waals surface area contributed by atoms with Gasteiger partial charge in [0.1, 0.15) is 5.65 Å². The number of hydrogen-bond donors (Lipinski definition) is 0. The molecule has 0 saturated carbocycles. The maximum Gasteiger partial charge on any atom is 0.231 e. The zero-order chi connectivity index (χ0) is 23.8. The minimum atomic E-state index is 0.232. The Hall–Kier alpha value is -4.71. The third-order valence-electron chi connectivity index (χ3n) is 7.20. The minimum absolute atomic E-state index is 0.232. The molecule has 0 bridgehead atoms. The average molecular weight is 469 g/mol. The van der Waals surface area contributed by atoms with E-state index >= 15 is 0 Å². The first-order valence-electron chi connectivity index (χ1n) is 12.1. The maximum absolute atomic E-state index is 5.73. The number of benzene rings is 3. The van der Waals surface area contributed by atoms with E-state index in [9.17, 15) is 0 Å². The molecule has 4 aromatic heterocycles. The summed E-state index contributed by atoms with van der Waals surface area (Å²) < 4.78 is 13.7. The van der Waals surface area contributed by atoms with Crippen molar-refractivity contribution >= 4 is 49.3 Å². The Balaban J connectivity index is 1.63. The number of imidazole rings is 1. The molecule has 0 N–H and O–H groups in total. The molecule has 6 nitrogen and oxygen atoms in total. The van der Waals surface area contributed by atoms with Gasteiger partial charge in [-0.1, -0.05) is 31.2 Å². The zero-order valence-corrected chi connectivity index (χ0v) is 19.5. The lowest BCUT2D eigenvalue weighted by atomic mass is 10.0. The smallest absolute Gasteiger partial charge is 0.231 e. The van der Waals surface area contributed by atoms with Gasteiger partial charge in [-0.2, -0.15) is 0 Å². The molecule has 0 radical (unpaired) electrons. The van der Waals surface area contributed by atoms with Gasteiger partial charge in [-0.15, -0.1) is 0 Å². The van der Waals surface area contributed by atoms with Crippen molar-refractivity contribution in [1.82, 2.24) is 19.4 Å². The van der Waals surface area contributed by atoms with E-state index in [-0.39, 0.29) is 6.79 Å². The van der Waals surface area contributed by atoms with Crippen molar-refractivity contribution in [3.05, 3.63) is 84.7 Å². The lowest BCUT2D eigenvalue weighted by Crippen LogP contribution is -1.96. The van der Waals surface area contributed by atoms with Crippen molar-refractivity contribution in [2.24, 2.45) is 0 Å². The number of pyridine rings is 3. The summed E-state index contributed by atoms with van der Waals surface area (Å²) in [4.78, 5) is 14.7. The molecule has 0 fully saturated rings. The molecule has 1 aliphatic heterocycles. The first-order chi connectivity index (χ1) is 17.8. The summed E-state index contributed by atoms with van der Waals surface area (Å²) in [7, 11) is 0. The molecular formula is C30H20N4O2. The molecule has 36 heavy (non-hydrogen) atoms. The van der Waals surface area contributed by atoms with Gasteiger partial charge in [0.25, 0.3) is 0 Å². The molecule has 1 aliphatic rings. The fourth-order valence-corrected chi connectivity index (χ4v) is 5.45. The fourth-order valence-electron chi connectivity index (χ4n) is 5.45. The molecule has 8 rings (SSSR count). The highest BCUT2D eigenvalue weighted by Gasteiger charge is 2.22. The van der Waals surface area contributed by atoms with Crippen LogP contribution in [0.25, 0.3) is 60.5 Å². The van der Waals surface area contributed by atoms with Crippen LogP contribution in [-0.2, 0) is 6.42 Å². The summed E-state index contributed by atoms with van der Waals surface area (Å²) in [6, 6.07) is 23.2. The Morgan fingerprint density at radius 3 is 2.28 bits per heavy atom.